The fourth-order valence-corrected chi connectivity index (χ4v) is 4.38. The molecule has 0 radical (unpaired) electrons. The monoisotopic (exact) mass is 387 g/mol. The van der Waals surface area contributed by atoms with Crippen molar-refractivity contribution in [2.75, 3.05) is 18.0 Å². The molecule has 2 aromatic carbocycles. The van der Waals surface area contributed by atoms with Gasteiger partial charge in [-0.2, -0.15) is 0 Å². The van der Waals surface area contributed by atoms with E-state index in [1.54, 1.807) is 11.3 Å². The van der Waals surface area contributed by atoms with Crippen molar-refractivity contribution in [2.24, 2.45) is 5.92 Å². The zero-order chi connectivity index (χ0) is 18.8. The standard InChI is InChI=1S/C20H19F2N3OS/c21-15-6-3-7-16(22)14(15)11-23-19(26)13-5-4-10-25(12-13)20-24-17-8-1-2-9-18(17)27-20/h1-3,6-9,13H,4-5,10-12H2,(H,23,26). The summed E-state index contributed by atoms with van der Waals surface area (Å²) in [7, 11) is 0. The van der Waals surface area contributed by atoms with E-state index in [1.165, 1.54) is 18.2 Å². The van der Waals surface area contributed by atoms with Gasteiger partial charge in [-0.25, -0.2) is 13.8 Å². The van der Waals surface area contributed by atoms with Crippen LogP contribution >= 0.6 is 11.3 Å². The van der Waals surface area contributed by atoms with Crippen LogP contribution in [-0.2, 0) is 11.3 Å². The minimum Gasteiger partial charge on any atom is -0.352 e. The first-order valence-electron chi connectivity index (χ1n) is 8.93. The van der Waals surface area contributed by atoms with Gasteiger partial charge in [0.05, 0.1) is 16.1 Å². The smallest absolute Gasteiger partial charge is 0.225 e. The molecule has 140 valence electrons. The van der Waals surface area contributed by atoms with Gasteiger partial charge in [0.2, 0.25) is 5.91 Å². The van der Waals surface area contributed by atoms with Crippen LogP contribution in [0.4, 0.5) is 13.9 Å². The number of hydrogen-bond donors (Lipinski definition) is 1. The molecular weight excluding hydrogens is 368 g/mol. The first-order chi connectivity index (χ1) is 13.1. The maximum atomic E-state index is 13.7. The molecule has 0 spiro atoms. The van der Waals surface area contributed by atoms with Crippen molar-refractivity contribution in [3.8, 4) is 0 Å². The molecule has 1 saturated heterocycles. The minimum absolute atomic E-state index is 0.107. The number of fused-ring (bicyclic) bond motifs is 1. The number of nitrogens with zero attached hydrogens (tertiary/aromatic N) is 2. The molecule has 1 N–H and O–H groups in total. The summed E-state index contributed by atoms with van der Waals surface area (Å²) in [5.74, 6) is -1.69. The number of hydrogen-bond acceptors (Lipinski definition) is 4. The average Bonchev–Trinajstić information content (AvgIpc) is 3.12. The van der Waals surface area contributed by atoms with Crippen molar-refractivity contribution in [3.05, 3.63) is 59.7 Å². The number of aromatic nitrogens is 1. The van der Waals surface area contributed by atoms with E-state index in [-0.39, 0.29) is 23.9 Å². The van der Waals surface area contributed by atoms with Crippen molar-refractivity contribution >= 4 is 32.6 Å². The van der Waals surface area contributed by atoms with Gasteiger partial charge >= 0.3 is 0 Å². The molecule has 1 unspecified atom stereocenters. The number of halogens is 2. The van der Waals surface area contributed by atoms with E-state index in [1.807, 2.05) is 24.3 Å². The molecule has 7 heteroatoms. The first-order valence-corrected chi connectivity index (χ1v) is 9.74. The lowest BCUT2D eigenvalue weighted by Gasteiger charge is -2.31. The van der Waals surface area contributed by atoms with E-state index in [0.29, 0.717) is 6.54 Å². The third kappa shape index (κ3) is 3.78. The number of anilines is 1. The summed E-state index contributed by atoms with van der Waals surface area (Å²) in [6.45, 7) is 1.27. The highest BCUT2D eigenvalue weighted by Crippen LogP contribution is 2.31. The third-order valence-electron chi connectivity index (χ3n) is 4.85. The molecule has 4 rings (SSSR count). The molecule has 0 bridgehead atoms. The van der Waals surface area contributed by atoms with Crippen molar-refractivity contribution < 1.29 is 13.6 Å². The van der Waals surface area contributed by atoms with E-state index in [0.717, 1.165) is 34.7 Å². The summed E-state index contributed by atoms with van der Waals surface area (Å²) in [6, 6.07) is 11.7. The number of benzene rings is 2. The predicted octanol–water partition coefficient (Wildman–Crippen LogP) is 4.11. The van der Waals surface area contributed by atoms with Gasteiger partial charge in [-0.1, -0.05) is 29.5 Å². The lowest BCUT2D eigenvalue weighted by atomic mass is 9.97. The Morgan fingerprint density at radius 2 is 1.96 bits per heavy atom. The van der Waals surface area contributed by atoms with Crippen LogP contribution < -0.4 is 10.2 Å². The van der Waals surface area contributed by atoms with Crippen LogP contribution in [0, 0.1) is 17.6 Å². The molecule has 1 fully saturated rings. The second-order valence-electron chi connectivity index (χ2n) is 6.67. The molecule has 0 saturated carbocycles. The molecule has 3 aromatic rings. The SMILES string of the molecule is O=C(NCc1c(F)cccc1F)C1CCCN(c2nc3ccccc3s2)C1. The van der Waals surface area contributed by atoms with Crippen LogP contribution in [0.1, 0.15) is 18.4 Å². The van der Waals surface area contributed by atoms with E-state index < -0.39 is 11.6 Å². The highest BCUT2D eigenvalue weighted by atomic mass is 32.1. The quantitative estimate of drug-likeness (QED) is 0.733. The number of para-hydroxylation sites is 1. The lowest BCUT2D eigenvalue weighted by molar-refractivity contribution is -0.125. The molecule has 1 atom stereocenters. The summed E-state index contributed by atoms with van der Waals surface area (Å²) in [5, 5.41) is 3.60. The zero-order valence-corrected chi connectivity index (χ0v) is 15.4. The fourth-order valence-electron chi connectivity index (χ4n) is 3.38. The predicted molar refractivity (Wildman–Crippen MR) is 103 cm³/mol. The molecule has 4 nitrogen and oxygen atoms in total. The highest BCUT2D eigenvalue weighted by Gasteiger charge is 2.27. The zero-order valence-electron chi connectivity index (χ0n) is 14.6. The number of thiazole rings is 1. The van der Waals surface area contributed by atoms with Gasteiger partial charge in [-0.15, -0.1) is 0 Å². The van der Waals surface area contributed by atoms with Crippen LogP contribution in [0.3, 0.4) is 0 Å². The topological polar surface area (TPSA) is 45.2 Å². The average molecular weight is 387 g/mol. The van der Waals surface area contributed by atoms with Gasteiger partial charge < -0.3 is 10.2 Å². The molecule has 1 aromatic heterocycles. The largest absolute Gasteiger partial charge is 0.352 e. The van der Waals surface area contributed by atoms with E-state index in [2.05, 4.69) is 15.2 Å². The summed E-state index contributed by atoms with van der Waals surface area (Å²) >= 11 is 1.62. The Hall–Kier alpha value is -2.54. The Morgan fingerprint density at radius 3 is 2.74 bits per heavy atom. The van der Waals surface area contributed by atoms with Crippen LogP contribution in [0.15, 0.2) is 42.5 Å². The Balaban J connectivity index is 1.42. The number of carbonyl (C=O) groups excluding carboxylic acids is 1. The van der Waals surface area contributed by atoms with Crippen molar-refractivity contribution in [2.45, 2.75) is 19.4 Å². The molecule has 27 heavy (non-hydrogen) atoms. The molecule has 1 amide bonds. The summed E-state index contributed by atoms with van der Waals surface area (Å²) in [5.41, 5.74) is 0.851. The highest BCUT2D eigenvalue weighted by molar-refractivity contribution is 7.22. The molecule has 2 heterocycles. The number of amides is 1. The second kappa shape index (κ2) is 7.60. The van der Waals surface area contributed by atoms with Crippen LogP contribution in [0.2, 0.25) is 0 Å². The number of nitrogens with one attached hydrogen (secondary N) is 1. The summed E-state index contributed by atoms with van der Waals surface area (Å²) < 4.78 is 28.6. The lowest BCUT2D eigenvalue weighted by Crippen LogP contribution is -2.43. The molecule has 0 aliphatic carbocycles. The van der Waals surface area contributed by atoms with Gasteiger partial charge in [0.15, 0.2) is 5.13 Å². The molecule has 1 aliphatic rings. The van der Waals surface area contributed by atoms with E-state index in [4.69, 9.17) is 0 Å². The van der Waals surface area contributed by atoms with Gasteiger partial charge in [0, 0.05) is 25.2 Å². The van der Waals surface area contributed by atoms with Gasteiger partial charge in [-0.05, 0) is 37.1 Å². The van der Waals surface area contributed by atoms with E-state index >= 15 is 0 Å². The second-order valence-corrected chi connectivity index (χ2v) is 7.68. The van der Waals surface area contributed by atoms with Gasteiger partial charge in [-0.3, -0.25) is 4.79 Å². The maximum Gasteiger partial charge on any atom is 0.225 e. The molecular formula is C20H19F2N3OS. The Kier molecular flexibility index (Phi) is 5.03. The summed E-state index contributed by atoms with van der Waals surface area (Å²) in [4.78, 5) is 19.3. The van der Waals surface area contributed by atoms with Crippen molar-refractivity contribution in [1.82, 2.24) is 10.3 Å². The van der Waals surface area contributed by atoms with Crippen LogP contribution in [-0.4, -0.2) is 24.0 Å². The molecule has 1 aliphatic heterocycles. The Morgan fingerprint density at radius 1 is 1.19 bits per heavy atom. The number of rotatable bonds is 4. The van der Waals surface area contributed by atoms with Gasteiger partial charge in [0.25, 0.3) is 0 Å². The van der Waals surface area contributed by atoms with Crippen LogP contribution in [0.25, 0.3) is 10.2 Å². The number of piperidine rings is 1. The number of carbonyl (C=O) groups is 1. The minimum atomic E-state index is -0.643. The third-order valence-corrected chi connectivity index (χ3v) is 5.94. The summed E-state index contributed by atoms with van der Waals surface area (Å²) in [6.07, 6.45) is 1.63. The van der Waals surface area contributed by atoms with Crippen molar-refractivity contribution in [1.29, 1.82) is 0 Å². The van der Waals surface area contributed by atoms with Gasteiger partial charge in [0.1, 0.15) is 11.6 Å². The Labute approximate surface area is 159 Å². The fraction of sp³-hybridized carbons (Fsp3) is 0.300. The van der Waals surface area contributed by atoms with Crippen molar-refractivity contribution in [3.63, 3.8) is 0 Å². The Bertz CT molecular complexity index is 922. The van der Waals surface area contributed by atoms with Crippen LogP contribution in [0.5, 0.6) is 0 Å². The maximum absolute atomic E-state index is 13.7. The first kappa shape index (κ1) is 17.9. The normalized spacial score (nSPS) is 17.3. The van der Waals surface area contributed by atoms with E-state index in [9.17, 15) is 13.6 Å².